The van der Waals surface area contributed by atoms with E-state index in [1.54, 1.807) is 0 Å². The minimum absolute atomic E-state index is 0.108. The molecule has 0 saturated carbocycles. The Balaban J connectivity index is 0. The Bertz CT molecular complexity index is 1300. The van der Waals surface area contributed by atoms with Crippen LogP contribution in [0.25, 0.3) is 0 Å². The summed E-state index contributed by atoms with van der Waals surface area (Å²) >= 11 is 3.05. The van der Waals surface area contributed by atoms with Crippen LogP contribution in [0.3, 0.4) is 0 Å². The van der Waals surface area contributed by atoms with Gasteiger partial charge >= 0.3 is 23.9 Å². The molecular weight excluding hydrogens is 1060 g/mol. The zero-order valence-electron chi connectivity index (χ0n) is 55.1. The van der Waals surface area contributed by atoms with Gasteiger partial charge < -0.3 is 20.4 Å². The predicted octanol–water partition coefficient (Wildman–Crippen LogP) is 24.5. The van der Waals surface area contributed by atoms with Crippen molar-refractivity contribution in [3.63, 3.8) is 0 Å². The minimum atomic E-state index is -0.803. The van der Waals surface area contributed by atoms with Crippen LogP contribution in [0, 0.1) is 10.8 Å². The third kappa shape index (κ3) is 57.6. The molecule has 0 aromatic carbocycles. The first-order chi connectivity index (χ1) is 40.0. The predicted molar refractivity (Wildman–Crippen MR) is 361 cm³/mol. The maximum Gasteiger partial charge on any atom is 0.310 e. The van der Waals surface area contributed by atoms with Crippen molar-refractivity contribution in [2.75, 3.05) is 23.0 Å². The first kappa shape index (κ1) is 82.6. The number of hydrogen-bond acceptors (Lipinski definition) is 6. The number of unbranched alkanes of at least 4 members (excludes halogenated alkanes) is 48. The van der Waals surface area contributed by atoms with E-state index in [0.29, 0.717) is 23.0 Å². The smallest absolute Gasteiger partial charge is 0.310 e. The lowest BCUT2D eigenvalue weighted by Crippen LogP contribution is -2.34. The lowest BCUT2D eigenvalue weighted by atomic mass is 9.79. The Labute approximate surface area is 518 Å². The third-order valence-electron chi connectivity index (χ3n) is 17.6. The number of hydrogen-bond donors (Lipinski definition) is 4. The highest BCUT2D eigenvalue weighted by molar-refractivity contribution is 7.99. The van der Waals surface area contributed by atoms with Crippen molar-refractivity contribution in [2.24, 2.45) is 10.8 Å². The van der Waals surface area contributed by atoms with Gasteiger partial charge in [-0.05, 0) is 25.7 Å². The molecule has 0 amide bonds. The average molecular weight is 1200 g/mol. The molecule has 0 rings (SSSR count). The molecule has 82 heavy (non-hydrogen) atoms. The largest absolute Gasteiger partial charge is 0.481 e. The number of carboxylic acids is 4. The van der Waals surface area contributed by atoms with Crippen LogP contribution in [0.5, 0.6) is 0 Å². The molecule has 8 nitrogen and oxygen atoms in total. The fourth-order valence-electron chi connectivity index (χ4n) is 11.9. The molecule has 0 fully saturated rings. The van der Waals surface area contributed by atoms with E-state index in [0.717, 1.165) is 77.0 Å². The van der Waals surface area contributed by atoms with Crippen LogP contribution in [-0.2, 0) is 19.2 Å². The van der Waals surface area contributed by atoms with Crippen molar-refractivity contribution in [1.82, 2.24) is 0 Å². The highest BCUT2D eigenvalue weighted by atomic mass is 32.2. The Kier molecular flexibility index (Phi) is 66.1. The van der Waals surface area contributed by atoms with Crippen LogP contribution in [0.2, 0.25) is 0 Å². The van der Waals surface area contributed by atoms with Crippen LogP contribution in [-0.4, -0.2) is 67.3 Å². The van der Waals surface area contributed by atoms with Crippen LogP contribution >= 0.6 is 23.5 Å². The van der Waals surface area contributed by atoms with Crippen molar-refractivity contribution < 1.29 is 39.6 Å². The lowest BCUT2D eigenvalue weighted by Gasteiger charge is -2.29. The van der Waals surface area contributed by atoms with Gasteiger partial charge in [0.05, 0.1) is 23.7 Å². The van der Waals surface area contributed by atoms with Gasteiger partial charge in [0.2, 0.25) is 0 Å². The highest BCUT2D eigenvalue weighted by Gasteiger charge is 2.38. The number of carbonyl (C=O) groups is 4. The molecule has 0 heterocycles. The van der Waals surface area contributed by atoms with E-state index in [1.807, 2.05) is 0 Å². The van der Waals surface area contributed by atoms with Gasteiger partial charge in [-0.15, -0.1) is 0 Å². The third-order valence-corrected chi connectivity index (χ3v) is 20.1. The van der Waals surface area contributed by atoms with Crippen molar-refractivity contribution in [3.8, 4) is 0 Å². The molecule has 0 radical (unpaired) electrons. The van der Waals surface area contributed by atoms with Gasteiger partial charge in [-0.25, -0.2) is 0 Å². The summed E-state index contributed by atoms with van der Waals surface area (Å²) < 4.78 is 0. The normalized spacial score (nSPS) is 11.8. The molecule has 0 aliphatic heterocycles. The summed E-state index contributed by atoms with van der Waals surface area (Å²) in [5.74, 6) is -0.841. The van der Waals surface area contributed by atoms with E-state index in [4.69, 9.17) is 10.2 Å². The molecule has 10 heteroatoms. The summed E-state index contributed by atoms with van der Waals surface area (Å²) in [6, 6.07) is 0. The van der Waals surface area contributed by atoms with Gasteiger partial charge in [0.25, 0.3) is 0 Å². The maximum absolute atomic E-state index is 12.6. The Morgan fingerprint density at radius 2 is 0.390 bits per heavy atom. The van der Waals surface area contributed by atoms with E-state index in [-0.39, 0.29) is 12.8 Å². The van der Waals surface area contributed by atoms with Crippen molar-refractivity contribution in [1.29, 1.82) is 0 Å². The van der Waals surface area contributed by atoms with E-state index in [2.05, 4.69) is 27.7 Å². The summed E-state index contributed by atoms with van der Waals surface area (Å²) in [6.45, 7) is 9.06. The maximum atomic E-state index is 12.6. The van der Waals surface area contributed by atoms with Gasteiger partial charge in [0.15, 0.2) is 0 Å². The van der Waals surface area contributed by atoms with E-state index < -0.39 is 34.7 Å². The quantitative estimate of drug-likeness (QED) is 0.0434. The SMILES string of the molecule is CCCCCCCCCCCCC(CCCCCCCCCCCC)(CSCCC(=O)O)C(=O)O.CCCCCCCCCCCCCCCCCCC(CCCCCCCCCCCCCCCCCC)(CSCCC(=O)O)C(=O)O. The molecule has 488 valence electrons. The topological polar surface area (TPSA) is 149 Å². The molecule has 0 unspecified atom stereocenters. The van der Waals surface area contributed by atoms with Gasteiger partial charge in [0, 0.05) is 23.0 Å². The lowest BCUT2D eigenvalue weighted by molar-refractivity contribution is -0.149. The monoisotopic (exact) mass is 1200 g/mol. The standard InChI is InChI=1S/C42H82O4S.C30H58O4S/c1-3-5-7-9-11-13-15-17-19-21-23-25-27-29-31-33-36-42(41(45)46,39-47-38-35-40(43)44)37-34-32-30-28-26-24-22-20-18-16-14-12-10-8-6-4-2;1-3-5-7-9-11-13-15-17-19-21-24-30(29(33)34,27-35-26-23-28(31)32)25-22-20-18-16-14-12-10-8-6-4-2/h3-39H2,1-2H3,(H,43,44)(H,45,46);3-27H2,1-2H3,(H,31,32)(H,33,34). The molecule has 0 saturated heterocycles. The second-order valence-electron chi connectivity index (χ2n) is 25.5. The van der Waals surface area contributed by atoms with E-state index in [1.165, 1.54) is 306 Å². The number of thioether (sulfide) groups is 2. The highest BCUT2D eigenvalue weighted by Crippen LogP contribution is 2.38. The first-order valence-corrected chi connectivity index (χ1v) is 38.3. The second-order valence-corrected chi connectivity index (χ2v) is 27.7. The van der Waals surface area contributed by atoms with E-state index in [9.17, 15) is 29.4 Å². The van der Waals surface area contributed by atoms with Crippen LogP contribution < -0.4 is 0 Å². The minimum Gasteiger partial charge on any atom is -0.481 e. The second kappa shape index (κ2) is 65.6. The number of rotatable bonds is 68. The van der Waals surface area contributed by atoms with Crippen LogP contribution in [0.4, 0.5) is 0 Å². The summed E-state index contributed by atoms with van der Waals surface area (Å²) in [5.41, 5.74) is -1.39. The molecule has 0 aromatic rings. The molecule has 0 atom stereocenters. The summed E-state index contributed by atoms with van der Waals surface area (Å²) in [4.78, 5) is 46.9. The average Bonchev–Trinajstić information content (AvgIpc) is 3.54. The van der Waals surface area contributed by atoms with Crippen molar-refractivity contribution >= 4 is 47.4 Å². The van der Waals surface area contributed by atoms with Gasteiger partial charge in [-0.1, -0.05) is 362 Å². The molecular formula is C72H140O8S2. The van der Waals surface area contributed by atoms with Gasteiger partial charge in [0.1, 0.15) is 0 Å². The number of carboxylic acid groups (broad SMARTS) is 4. The zero-order chi connectivity index (χ0) is 60.6. The summed E-state index contributed by atoms with van der Waals surface area (Å²) in [5, 5.41) is 38.5. The first-order valence-electron chi connectivity index (χ1n) is 36.0. The zero-order valence-corrected chi connectivity index (χ0v) is 56.7. The molecule has 4 N–H and O–H groups in total. The Hall–Kier alpha value is -1.42. The molecule has 0 aliphatic rings. The van der Waals surface area contributed by atoms with Crippen LogP contribution in [0.1, 0.15) is 400 Å². The molecule has 0 aliphatic carbocycles. The summed E-state index contributed by atoms with van der Waals surface area (Å²) in [7, 11) is 0. The molecule has 0 spiro atoms. The van der Waals surface area contributed by atoms with Crippen molar-refractivity contribution in [2.45, 2.75) is 400 Å². The Morgan fingerprint density at radius 1 is 0.244 bits per heavy atom. The van der Waals surface area contributed by atoms with Gasteiger partial charge in [-0.3, -0.25) is 19.2 Å². The van der Waals surface area contributed by atoms with E-state index >= 15 is 0 Å². The van der Waals surface area contributed by atoms with Crippen LogP contribution in [0.15, 0.2) is 0 Å². The fraction of sp³-hybridized carbons (Fsp3) is 0.944. The summed E-state index contributed by atoms with van der Waals surface area (Å²) in [6.07, 6.45) is 70.6. The van der Waals surface area contributed by atoms with Gasteiger partial charge in [-0.2, -0.15) is 23.5 Å². The Morgan fingerprint density at radius 3 is 0.524 bits per heavy atom. The molecule has 0 bridgehead atoms. The fourth-order valence-corrected chi connectivity index (χ4v) is 14.4. The van der Waals surface area contributed by atoms with Crippen molar-refractivity contribution in [3.05, 3.63) is 0 Å². The molecule has 0 aromatic heterocycles. The number of aliphatic carboxylic acids is 4.